The van der Waals surface area contributed by atoms with E-state index in [-0.39, 0.29) is 17.5 Å². The van der Waals surface area contributed by atoms with Crippen molar-refractivity contribution in [3.05, 3.63) is 46.4 Å². The highest BCUT2D eigenvalue weighted by atomic mass is 32.1. The molecule has 0 aliphatic carbocycles. The highest BCUT2D eigenvalue weighted by Gasteiger charge is 2.12. The van der Waals surface area contributed by atoms with Crippen LogP contribution >= 0.6 is 11.3 Å². The molecule has 2 aromatic heterocycles. The molecule has 1 amide bonds. The maximum Gasteiger partial charge on any atom is 0.270 e. The monoisotopic (exact) mass is 265 g/mol. The van der Waals surface area contributed by atoms with Crippen molar-refractivity contribution in [2.75, 3.05) is 6.54 Å². The van der Waals surface area contributed by atoms with Gasteiger partial charge in [0, 0.05) is 24.0 Å². The standard InChI is InChI=1S/C12H12FN3OS/c1-8(12-14-5-6-18-12)7-15-11(17)9-3-2-4-10(13)16-9/h2-6,8H,7H2,1H3,(H,15,17). The number of aromatic nitrogens is 2. The summed E-state index contributed by atoms with van der Waals surface area (Å²) < 4.78 is 12.9. The Morgan fingerprint density at radius 3 is 3.06 bits per heavy atom. The summed E-state index contributed by atoms with van der Waals surface area (Å²) in [5, 5.41) is 5.56. The van der Waals surface area contributed by atoms with Gasteiger partial charge in [-0.2, -0.15) is 4.39 Å². The minimum absolute atomic E-state index is 0.0846. The van der Waals surface area contributed by atoms with Crippen LogP contribution in [0.1, 0.15) is 28.3 Å². The van der Waals surface area contributed by atoms with Gasteiger partial charge in [-0.3, -0.25) is 4.79 Å². The molecule has 0 fully saturated rings. The van der Waals surface area contributed by atoms with Gasteiger partial charge in [-0.1, -0.05) is 13.0 Å². The zero-order chi connectivity index (χ0) is 13.0. The molecule has 2 aromatic rings. The number of nitrogens with one attached hydrogen (secondary N) is 1. The van der Waals surface area contributed by atoms with Crippen molar-refractivity contribution in [1.82, 2.24) is 15.3 Å². The summed E-state index contributed by atoms with van der Waals surface area (Å²) in [7, 11) is 0. The minimum atomic E-state index is -0.657. The maximum atomic E-state index is 12.9. The summed E-state index contributed by atoms with van der Waals surface area (Å²) in [5.41, 5.74) is 0.0846. The summed E-state index contributed by atoms with van der Waals surface area (Å²) in [6.45, 7) is 2.42. The lowest BCUT2D eigenvalue weighted by Gasteiger charge is -2.09. The third-order valence-corrected chi connectivity index (χ3v) is 3.40. The van der Waals surface area contributed by atoms with Crippen molar-refractivity contribution < 1.29 is 9.18 Å². The number of amides is 1. The molecule has 2 rings (SSSR count). The molecule has 0 saturated carbocycles. The molecular weight excluding hydrogens is 253 g/mol. The smallest absolute Gasteiger partial charge is 0.270 e. The predicted octanol–water partition coefficient (Wildman–Crippen LogP) is 2.21. The van der Waals surface area contributed by atoms with Crippen LogP contribution in [0.15, 0.2) is 29.8 Å². The van der Waals surface area contributed by atoms with E-state index in [4.69, 9.17) is 0 Å². The molecule has 4 nitrogen and oxygen atoms in total. The second kappa shape index (κ2) is 5.68. The van der Waals surface area contributed by atoms with Crippen molar-refractivity contribution in [2.24, 2.45) is 0 Å². The third kappa shape index (κ3) is 3.10. The van der Waals surface area contributed by atoms with Gasteiger partial charge in [-0.25, -0.2) is 9.97 Å². The summed E-state index contributed by atoms with van der Waals surface area (Å²) in [6.07, 6.45) is 1.73. The van der Waals surface area contributed by atoms with E-state index in [1.54, 1.807) is 17.5 Å². The van der Waals surface area contributed by atoms with Gasteiger partial charge < -0.3 is 5.32 Å². The minimum Gasteiger partial charge on any atom is -0.350 e. The van der Waals surface area contributed by atoms with Crippen LogP contribution in [0.3, 0.4) is 0 Å². The largest absolute Gasteiger partial charge is 0.350 e. The molecule has 0 aromatic carbocycles. The van der Waals surface area contributed by atoms with E-state index in [0.717, 1.165) is 5.01 Å². The van der Waals surface area contributed by atoms with Gasteiger partial charge in [-0.15, -0.1) is 11.3 Å². The fourth-order valence-corrected chi connectivity index (χ4v) is 2.13. The van der Waals surface area contributed by atoms with Crippen LogP contribution in [-0.4, -0.2) is 22.4 Å². The Kier molecular flexibility index (Phi) is 3.99. The topological polar surface area (TPSA) is 54.9 Å². The van der Waals surface area contributed by atoms with E-state index < -0.39 is 5.95 Å². The van der Waals surface area contributed by atoms with E-state index in [1.165, 1.54) is 18.2 Å². The average Bonchev–Trinajstić information content (AvgIpc) is 2.89. The van der Waals surface area contributed by atoms with Gasteiger partial charge in [-0.05, 0) is 12.1 Å². The second-order valence-electron chi connectivity index (χ2n) is 3.83. The first-order valence-corrected chi connectivity index (χ1v) is 6.35. The number of carbonyl (C=O) groups is 1. The van der Waals surface area contributed by atoms with Gasteiger partial charge >= 0.3 is 0 Å². The Balaban J connectivity index is 1.92. The summed E-state index contributed by atoms with van der Waals surface area (Å²) >= 11 is 1.54. The van der Waals surface area contributed by atoms with Crippen molar-refractivity contribution >= 4 is 17.2 Å². The molecule has 0 bridgehead atoms. The van der Waals surface area contributed by atoms with Crippen LogP contribution in [0.25, 0.3) is 0 Å². The maximum absolute atomic E-state index is 12.9. The molecule has 94 valence electrons. The Morgan fingerprint density at radius 2 is 2.39 bits per heavy atom. The molecule has 0 aliphatic rings. The fourth-order valence-electron chi connectivity index (χ4n) is 1.44. The van der Waals surface area contributed by atoms with Crippen LogP contribution in [0, 0.1) is 5.95 Å². The molecule has 1 N–H and O–H groups in total. The quantitative estimate of drug-likeness (QED) is 0.862. The average molecular weight is 265 g/mol. The van der Waals surface area contributed by atoms with Crippen molar-refractivity contribution in [2.45, 2.75) is 12.8 Å². The number of halogens is 1. The molecule has 2 heterocycles. The number of nitrogens with zero attached hydrogens (tertiary/aromatic N) is 2. The number of carbonyl (C=O) groups excluding carboxylic acids is 1. The Bertz CT molecular complexity index is 530. The van der Waals surface area contributed by atoms with E-state index in [9.17, 15) is 9.18 Å². The zero-order valence-electron chi connectivity index (χ0n) is 9.76. The summed E-state index contributed by atoms with van der Waals surface area (Å²) in [6, 6.07) is 4.14. The number of pyridine rings is 1. The fraction of sp³-hybridized carbons (Fsp3) is 0.250. The Labute approximate surface area is 108 Å². The molecule has 0 spiro atoms. The molecule has 18 heavy (non-hydrogen) atoms. The normalized spacial score (nSPS) is 12.1. The first kappa shape index (κ1) is 12.6. The van der Waals surface area contributed by atoms with Gasteiger partial charge in [0.2, 0.25) is 5.95 Å². The molecule has 1 unspecified atom stereocenters. The number of rotatable bonds is 4. The Morgan fingerprint density at radius 1 is 1.56 bits per heavy atom. The first-order chi connectivity index (χ1) is 8.66. The van der Waals surface area contributed by atoms with Gasteiger partial charge in [0.05, 0.1) is 5.01 Å². The van der Waals surface area contributed by atoms with Crippen molar-refractivity contribution in [3.63, 3.8) is 0 Å². The predicted molar refractivity (Wildman–Crippen MR) is 67.1 cm³/mol. The van der Waals surface area contributed by atoms with Gasteiger partial charge in [0.25, 0.3) is 5.91 Å². The first-order valence-electron chi connectivity index (χ1n) is 5.47. The zero-order valence-corrected chi connectivity index (χ0v) is 10.6. The van der Waals surface area contributed by atoms with Crippen LogP contribution in [0.5, 0.6) is 0 Å². The highest BCUT2D eigenvalue weighted by molar-refractivity contribution is 7.09. The van der Waals surface area contributed by atoms with Crippen molar-refractivity contribution in [3.8, 4) is 0 Å². The molecule has 6 heteroatoms. The molecule has 0 radical (unpaired) electrons. The van der Waals surface area contributed by atoms with E-state index in [1.807, 2.05) is 12.3 Å². The lowest BCUT2D eigenvalue weighted by atomic mass is 10.2. The van der Waals surface area contributed by atoms with E-state index in [2.05, 4.69) is 15.3 Å². The summed E-state index contributed by atoms with van der Waals surface area (Å²) in [4.78, 5) is 19.4. The highest BCUT2D eigenvalue weighted by Crippen LogP contribution is 2.16. The molecule has 1 atom stereocenters. The van der Waals surface area contributed by atoms with Crippen LogP contribution in [-0.2, 0) is 0 Å². The van der Waals surface area contributed by atoms with Crippen LogP contribution < -0.4 is 5.32 Å². The Hall–Kier alpha value is -1.82. The number of hydrogen-bond donors (Lipinski definition) is 1. The molecule has 0 saturated heterocycles. The molecule has 0 aliphatic heterocycles. The summed E-state index contributed by atoms with van der Waals surface area (Å²) in [5.74, 6) is -0.906. The van der Waals surface area contributed by atoms with Crippen LogP contribution in [0.4, 0.5) is 4.39 Å². The van der Waals surface area contributed by atoms with E-state index in [0.29, 0.717) is 6.54 Å². The SMILES string of the molecule is CC(CNC(=O)c1cccc(F)n1)c1nccs1. The van der Waals surface area contributed by atoms with Gasteiger partial charge in [0.15, 0.2) is 0 Å². The lowest BCUT2D eigenvalue weighted by molar-refractivity contribution is 0.0945. The van der Waals surface area contributed by atoms with Crippen LogP contribution in [0.2, 0.25) is 0 Å². The number of thiazole rings is 1. The second-order valence-corrected chi connectivity index (χ2v) is 4.75. The third-order valence-electron chi connectivity index (χ3n) is 2.39. The van der Waals surface area contributed by atoms with Gasteiger partial charge in [0.1, 0.15) is 5.69 Å². The number of hydrogen-bond acceptors (Lipinski definition) is 4. The lowest BCUT2D eigenvalue weighted by Crippen LogP contribution is -2.28. The van der Waals surface area contributed by atoms with Crippen molar-refractivity contribution in [1.29, 1.82) is 0 Å². The van der Waals surface area contributed by atoms with E-state index >= 15 is 0 Å². The molecular formula is C12H12FN3OS.